The van der Waals surface area contributed by atoms with E-state index >= 15 is 0 Å². The third kappa shape index (κ3) is 3.53. The Hall–Kier alpha value is -2.53. The molecule has 0 aliphatic carbocycles. The summed E-state index contributed by atoms with van der Waals surface area (Å²) in [4.78, 5) is 17.1. The van der Waals surface area contributed by atoms with Crippen LogP contribution in [0.1, 0.15) is 21.5 Å². The molecule has 2 heterocycles. The maximum Gasteiger partial charge on any atom is 0.254 e. The van der Waals surface area contributed by atoms with Gasteiger partial charge in [-0.1, -0.05) is 24.3 Å². The molecular formula is C21H24N2O3. The molecule has 4 rings (SSSR count). The van der Waals surface area contributed by atoms with Crippen LogP contribution in [-0.2, 0) is 6.54 Å². The third-order valence-electron chi connectivity index (χ3n) is 5.05. The molecule has 2 aromatic rings. The minimum absolute atomic E-state index is 0.141. The second-order valence-corrected chi connectivity index (χ2v) is 6.86. The molecule has 5 nitrogen and oxygen atoms in total. The van der Waals surface area contributed by atoms with Crippen molar-refractivity contribution >= 4 is 5.91 Å². The second kappa shape index (κ2) is 7.38. The monoisotopic (exact) mass is 352 g/mol. The Morgan fingerprint density at radius 2 is 1.69 bits per heavy atom. The Balaban J connectivity index is 1.35. The molecule has 26 heavy (non-hydrogen) atoms. The molecule has 0 N–H and O–H groups in total. The summed E-state index contributed by atoms with van der Waals surface area (Å²) in [6.45, 7) is 7.36. The van der Waals surface area contributed by atoms with Crippen molar-refractivity contribution in [2.75, 3.05) is 39.4 Å². The number of amides is 1. The van der Waals surface area contributed by atoms with Gasteiger partial charge >= 0.3 is 0 Å². The van der Waals surface area contributed by atoms with E-state index in [1.54, 1.807) is 0 Å². The highest BCUT2D eigenvalue weighted by molar-refractivity contribution is 5.95. The van der Waals surface area contributed by atoms with Gasteiger partial charge in [0, 0.05) is 38.3 Å². The highest BCUT2D eigenvalue weighted by atomic mass is 16.6. The Morgan fingerprint density at radius 3 is 2.46 bits per heavy atom. The summed E-state index contributed by atoms with van der Waals surface area (Å²) < 4.78 is 11.2. The summed E-state index contributed by atoms with van der Waals surface area (Å²) in [5.41, 5.74) is 3.07. The van der Waals surface area contributed by atoms with Crippen LogP contribution in [-0.4, -0.2) is 55.1 Å². The van der Waals surface area contributed by atoms with E-state index in [1.807, 2.05) is 42.2 Å². The predicted molar refractivity (Wildman–Crippen MR) is 99.8 cm³/mol. The van der Waals surface area contributed by atoms with Crippen LogP contribution in [0.25, 0.3) is 0 Å². The zero-order valence-corrected chi connectivity index (χ0v) is 15.1. The van der Waals surface area contributed by atoms with Crippen LogP contribution in [0.5, 0.6) is 11.5 Å². The number of fused-ring (bicyclic) bond motifs is 1. The van der Waals surface area contributed by atoms with Crippen LogP contribution in [0.4, 0.5) is 0 Å². The van der Waals surface area contributed by atoms with E-state index in [9.17, 15) is 4.79 Å². The lowest BCUT2D eigenvalue weighted by Crippen LogP contribution is -2.48. The number of hydrogen-bond donors (Lipinski definition) is 0. The summed E-state index contributed by atoms with van der Waals surface area (Å²) in [6, 6.07) is 14.0. The summed E-state index contributed by atoms with van der Waals surface area (Å²) in [5.74, 6) is 1.80. The fourth-order valence-electron chi connectivity index (χ4n) is 3.54. The molecule has 0 atom stereocenters. The van der Waals surface area contributed by atoms with Gasteiger partial charge in [0.05, 0.1) is 0 Å². The first kappa shape index (κ1) is 16.9. The number of benzene rings is 2. The van der Waals surface area contributed by atoms with Gasteiger partial charge in [-0.05, 0) is 36.2 Å². The molecule has 0 spiro atoms. The minimum atomic E-state index is 0.141. The summed E-state index contributed by atoms with van der Waals surface area (Å²) in [7, 11) is 0. The van der Waals surface area contributed by atoms with Crippen LogP contribution in [0.2, 0.25) is 0 Å². The molecule has 5 heteroatoms. The molecule has 2 aliphatic rings. The van der Waals surface area contributed by atoms with Crippen molar-refractivity contribution in [3.8, 4) is 11.5 Å². The SMILES string of the molecule is Cc1ccccc1C(=O)N1CCN(Cc2ccc3c(c2)OCCO3)CC1. The van der Waals surface area contributed by atoms with Crippen LogP contribution in [0.3, 0.4) is 0 Å². The number of carbonyl (C=O) groups excluding carboxylic acids is 1. The normalized spacial score (nSPS) is 17.2. The van der Waals surface area contributed by atoms with E-state index in [0.29, 0.717) is 13.2 Å². The van der Waals surface area contributed by atoms with E-state index in [2.05, 4.69) is 17.0 Å². The quantitative estimate of drug-likeness (QED) is 0.852. The molecule has 0 saturated carbocycles. The van der Waals surface area contributed by atoms with Gasteiger partial charge in [-0.25, -0.2) is 0 Å². The lowest BCUT2D eigenvalue weighted by atomic mass is 10.1. The van der Waals surface area contributed by atoms with Crippen molar-refractivity contribution in [3.05, 3.63) is 59.2 Å². The number of piperazine rings is 1. The molecular weight excluding hydrogens is 328 g/mol. The summed E-state index contributed by atoms with van der Waals surface area (Å²) >= 11 is 0. The van der Waals surface area contributed by atoms with E-state index in [0.717, 1.165) is 55.3 Å². The van der Waals surface area contributed by atoms with Crippen molar-refractivity contribution in [1.82, 2.24) is 9.80 Å². The molecule has 1 amide bonds. The lowest BCUT2D eigenvalue weighted by Gasteiger charge is -2.35. The molecule has 1 fully saturated rings. The Labute approximate surface area is 154 Å². The highest BCUT2D eigenvalue weighted by Gasteiger charge is 2.23. The number of rotatable bonds is 3. The van der Waals surface area contributed by atoms with Crippen molar-refractivity contribution in [2.45, 2.75) is 13.5 Å². The number of nitrogens with zero attached hydrogens (tertiary/aromatic N) is 2. The number of ether oxygens (including phenoxy) is 2. The van der Waals surface area contributed by atoms with Crippen LogP contribution in [0, 0.1) is 6.92 Å². The van der Waals surface area contributed by atoms with E-state index in [4.69, 9.17) is 9.47 Å². The molecule has 0 bridgehead atoms. The molecule has 0 unspecified atom stereocenters. The Bertz CT molecular complexity index is 798. The molecule has 2 aromatic carbocycles. The standard InChI is InChI=1S/C21H24N2O3/c1-16-4-2-3-5-18(16)21(24)23-10-8-22(9-11-23)15-17-6-7-19-20(14-17)26-13-12-25-19/h2-7,14H,8-13,15H2,1H3. The molecule has 136 valence electrons. The molecule has 0 aromatic heterocycles. The Kier molecular flexibility index (Phi) is 4.80. The maximum absolute atomic E-state index is 12.7. The number of hydrogen-bond acceptors (Lipinski definition) is 4. The van der Waals surface area contributed by atoms with E-state index in [-0.39, 0.29) is 5.91 Å². The van der Waals surface area contributed by atoms with Gasteiger partial charge in [-0.3, -0.25) is 9.69 Å². The van der Waals surface area contributed by atoms with E-state index in [1.165, 1.54) is 5.56 Å². The smallest absolute Gasteiger partial charge is 0.254 e. The lowest BCUT2D eigenvalue weighted by molar-refractivity contribution is 0.0627. The first-order valence-corrected chi connectivity index (χ1v) is 9.16. The zero-order valence-electron chi connectivity index (χ0n) is 15.1. The third-order valence-corrected chi connectivity index (χ3v) is 5.05. The van der Waals surface area contributed by atoms with Gasteiger partial charge in [0.15, 0.2) is 11.5 Å². The Morgan fingerprint density at radius 1 is 0.962 bits per heavy atom. The zero-order chi connectivity index (χ0) is 17.9. The first-order valence-electron chi connectivity index (χ1n) is 9.16. The van der Waals surface area contributed by atoms with Gasteiger partial charge in [-0.15, -0.1) is 0 Å². The second-order valence-electron chi connectivity index (χ2n) is 6.86. The average molecular weight is 352 g/mol. The fourth-order valence-corrected chi connectivity index (χ4v) is 3.54. The number of carbonyl (C=O) groups is 1. The maximum atomic E-state index is 12.7. The minimum Gasteiger partial charge on any atom is -0.486 e. The molecule has 2 aliphatic heterocycles. The van der Waals surface area contributed by atoms with Crippen molar-refractivity contribution in [1.29, 1.82) is 0 Å². The van der Waals surface area contributed by atoms with Gasteiger partial charge in [0.1, 0.15) is 13.2 Å². The average Bonchev–Trinajstić information content (AvgIpc) is 2.68. The van der Waals surface area contributed by atoms with Gasteiger partial charge in [0.25, 0.3) is 5.91 Å². The van der Waals surface area contributed by atoms with Crippen molar-refractivity contribution in [3.63, 3.8) is 0 Å². The van der Waals surface area contributed by atoms with Gasteiger partial charge in [0.2, 0.25) is 0 Å². The summed E-state index contributed by atoms with van der Waals surface area (Å²) in [6.07, 6.45) is 0. The highest BCUT2D eigenvalue weighted by Crippen LogP contribution is 2.31. The largest absolute Gasteiger partial charge is 0.486 e. The topological polar surface area (TPSA) is 42.0 Å². The molecule has 0 radical (unpaired) electrons. The summed E-state index contributed by atoms with van der Waals surface area (Å²) in [5, 5.41) is 0. The molecule has 1 saturated heterocycles. The first-order chi connectivity index (χ1) is 12.7. The van der Waals surface area contributed by atoms with Crippen LogP contribution in [0.15, 0.2) is 42.5 Å². The fraction of sp³-hybridized carbons (Fsp3) is 0.381. The van der Waals surface area contributed by atoms with Gasteiger partial charge in [-0.2, -0.15) is 0 Å². The van der Waals surface area contributed by atoms with Crippen molar-refractivity contribution < 1.29 is 14.3 Å². The van der Waals surface area contributed by atoms with Crippen LogP contribution >= 0.6 is 0 Å². The van der Waals surface area contributed by atoms with Gasteiger partial charge < -0.3 is 14.4 Å². The van der Waals surface area contributed by atoms with E-state index < -0.39 is 0 Å². The van der Waals surface area contributed by atoms with Crippen molar-refractivity contribution in [2.24, 2.45) is 0 Å². The number of aryl methyl sites for hydroxylation is 1. The van der Waals surface area contributed by atoms with Crippen LogP contribution < -0.4 is 9.47 Å². The predicted octanol–water partition coefficient (Wildman–Crippen LogP) is 2.72.